The van der Waals surface area contributed by atoms with Crippen molar-refractivity contribution in [1.82, 2.24) is 25.1 Å². The maximum atomic E-state index is 14.9. The summed E-state index contributed by atoms with van der Waals surface area (Å²) in [6, 6.07) is 13.2. The van der Waals surface area contributed by atoms with E-state index in [4.69, 9.17) is 15.6 Å². The summed E-state index contributed by atoms with van der Waals surface area (Å²) in [5.74, 6) is 1.87. The highest BCUT2D eigenvalue weighted by molar-refractivity contribution is 6.03. The van der Waals surface area contributed by atoms with Gasteiger partial charge in [-0.05, 0) is 56.0 Å². The average molecular weight is 649 g/mol. The van der Waals surface area contributed by atoms with Crippen molar-refractivity contribution in [3.8, 4) is 35.4 Å². The number of benzene rings is 3. The summed E-state index contributed by atoms with van der Waals surface area (Å²) in [7, 11) is 0. The molecule has 10 nitrogen and oxygen atoms in total. The Bertz CT molecular complexity index is 2370. The maximum Gasteiger partial charge on any atom is 0.349 e. The van der Waals surface area contributed by atoms with Crippen LogP contribution in [0.15, 0.2) is 57.7 Å². The number of halogens is 2. The first-order chi connectivity index (χ1) is 23.2. The molecule has 6 aromatic rings. The molecule has 2 saturated heterocycles. The Balaban J connectivity index is 1.28. The lowest BCUT2D eigenvalue weighted by Crippen LogP contribution is -2.43. The largest absolute Gasteiger partial charge is 0.508 e. The zero-order valence-electron chi connectivity index (χ0n) is 25.9. The van der Waals surface area contributed by atoms with Gasteiger partial charge in [0.2, 0.25) is 0 Å². The molecule has 2 atom stereocenters. The SMILES string of the molecule is C#Cc1c(F)ccc2cc(O)cc(-c3oc(=O)c4c(NCc5[nH]nc6ccccc56)nc(OC[C@@]56CCCN5C[C@H](F)C6)nc4c3C)c12. The van der Waals surface area contributed by atoms with Crippen LogP contribution in [0.5, 0.6) is 11.8 Å². The third-order valence-electron chi connectivity index (χ3n) is 9.63. The lowest BCUT2D eigenvalue weighted by Gasteiger charge is -2.30. The number of hydrogen-bond acceptors (Lipinski definition) is 9. The molecule has 242 valence electrons. The van der Waals surface area contributed by atoms with Crippen LogP contribution in [0.4, 0.5) is 14.6 Å². The highest BCUT2D eigenvalue weighted by Gasteiger charge is 2.49. The Morgan fingerprint density at radius 2 is 2.08 bits per heavy atom. The number of rotatable bonds is 7. The van der Waals surface area contributed by atoms with Crippen molar-refractivity contribution in [2.45, 2.75) is 44.4 Å². The van der Waals surface area contributed by atoms with Gasteiger partial charge >= 0.3 is 11.6 Å². The Morgan fingerprint density at radius 3 is 2.94 bits per heavy atom. The quantitative estimate of drug-likeness (QED) is 0.179. The van der Waals surface area contributed by atoms with E-state index >= 15 is 0 Å². The molecule has 2 aliphatic rings. The van der Waals surface area contributed by atoms with Crippen LogP contribution in [0, 0.1) is 25.1 Å². The van der Waals surface area contributed by atoms with Gasteiger partial charge in [0.15, 0.2) is 0 Å². The second-order valence-electron chi connectivity index (χ2n) is 12.5. The van der Waals surface area contributed by atoms with Crippen molar-refractivity contribution in [2.75, 3.05) is 25.0 Å². The van der Waals surface area contributed by atoms with Crippen LogP contribution in [-0.4, -0.2) is 61.6 Å². The van der Waals surface area contributed by atoms with E-state index in [1.807, 2.05) is 24.3 Å². The molecule has 0 radical (unpaired) electrons. The highest BCUT2D eigenvalue weighted by Crippen LogP contribution is 2.41. The maximum absolute atomic E-state index is 14.9. The molecule has 0 unspecified atom stereocenters. The lowest BCUT2D eigenvalue weighted by atomic mass is 9.95. The number of aromatic nitrogens is 4. The first-order valence-corrected chi connectivity index (χ1v) is 15.7. The number of aryl methyl sites for hydroxylation is 1. The molecular weight excluding hydrogens is 618 g/mol. The Kier molecular flexibility index (Phi) is 7.03. The van der Waals surface area contributed by atoms with Gasteiger partial charge in [-0.15, -0.1) is 6.42 Å². The number of hydrogen-bond donors (Lipinski definition) is 3. The minimum Gasteiger partial charge on any atom is -0.508 e. The molecule has 3 aromatic carbocycles. The minimum atomic E-state index is -0.933. The van der Waals surface area contributed by atoms with Crippen LogP contribution >= 0.6 is 0 Å². The highest BCUT2D eigenvalue weighted by atomic mass is 19.1. The van der Waals surface area contributed by atoms with Crippen LogP contribution in [0.1, 0.15) is 36.1 Å². The summed E-state index contributed by atoms with van der Waals surface area (Å²) in [6.07, 6.45) is 6.89. The molecule has 8 rings (SSSR count). The number of nitrogens with one attached hydrogen (secondary N) is 2. The molecule has 0 saturated carbocycles. The number of terminal acetylenes is 1. The average Bonchev–Trinajstić information content (AvgIpc) is 3.76. The number of aromatic amines is 1. The number of fused-ring (bicyclic) bond motifs is 4. The van der Waals surface area contributed by atoms with Gasteiger partial charge in [-0.2, -0.15) is 15.1 Å². The predicted octanol–water partition coefficient (Wildman–Crippen LogP) is 5.98. The molecule has 5 heterocycles. The molecule has 3 N–H and O–H groups in total. The van der Waals surface area contributed by atoms with E-state index in [0.29, 0.717) is 29.3 Å². The van der Waals surface area contributed by atoms with E-state index in [1.165, 1.54) is 24.3 Å². The first-order valence-electron chi connectivity index (χ1n) is 15.7. The predicted molar refractivity (Wildman–Crippen MR) is 177 cm³/mol. The molecule has 2 aliphatic heterocycles. The van der Waals surface area contributed by atoms with Crippen LogP contribution in [0.25, 0.3) is 43.9 Å². The van der Waals surface area contributed by atoms with Crippen molar-refractivity contribution in [1.29, 1.82) is 0 Å². The fourth-order valence-electron chi connectivity index (χ4n) is 7.40. The normalized spacial score (nSPS) is 19.2. The number of ether oxygens (including phenoxy) is 1. The van der Waals surface area contributed by atoms with E-state index in [1.54, 1.807) is 6.92 Å². The van der Waals surface area contributed by atoms with Crippen LogP contribution < -0.4 is 15.7 Å². The smallest absolute Gasteiger partial charge is 0.349 e. The van der Waals surface area contributed by atoms with E-state index in [0.717, 1.165) is 36.0 Å². The number of aromatic hydroxyl groups is 1. The summed E-state index contributed by atoms with van der Waals surface area (Å²) in [5, 5.41) is 23.0. The Labute approximate surface area is 272 Å². The van der Waals surface area contributed by atoms with Crippen molar-refractivity contribution in [3.05, 3.63) is 81.6 Å². The van der Waals surface area contributed by atoms with Crippen molar-refractivity contribution in [2.24, 2.45) is 0 Å². The summed E-state index contributed by atoms with van der Waals surface area (Å²) in [5.41, 5.74) is 1.18. The fourth-order valence-corrected chi connectivity index (χ4v) is 7.40. The van der Waals surface area contributed by atoms with Gasteiger partial charge in [-0.1, -0.05) is 30.2 Å². The topological polar surface area (TPSA) is 129 Å². The summed E-state index contributed by atoms with van der Waals surface area (Å²) in [4.78, 5) is 25.3. The van der Waals surface area contributed by atoms with Gasteiger partial charge in [-0.3, -0.25) is 10.00 Å². The number of phenolic OH excluding ortho intramolecular Hbond substituents is 1. The van der Waals surface area contributed by atoms with E-state index in [9.17, 15) is 18.7 Å². The van der Waals surface area contributed by atoms with E-state index in [2.05, 4.69) is 36.3 Å². The number of nitrogens with zero attached hydrogens (tertiary/aromatic N) is 4. The van der Waals surface area contributed by atoms with Gasteiger partial charge in [-0.25, -0.2) is 13.6 Å². The van der Waals surface area contributed by atoms with Gasteiger partial charge in [0.05, 0.1) is 34.4 Å². The third-order valence-corrected chi connectivity index (χ3v) is 9.63. The molecule has 0 amide bonds. The molecule has 0 spiro atoms. The van der Waals surface area contributed by atoms with E-state index < -0.39 is 23.2 Å². The summed E-state index contributed by atoms with van der Waals surface area (Å²) < 4.78 is 41.6. The third kappa shape index (κ3) is 4.81. The molecule has 3 aromatic heterocycles. The molecule has 48 heavy (non-hydrogen) atoms. The molecule has 0 aliphatic carbocycles. The van der Waals surface area contributed by atoms with Crippen molar-refractivity contribution in [3.63, 3.8) is 0 Å². The fraction of sp³-hybridized carbons (Fsp3) is 0.278. The Morgan fingerprint density at radius 1 is 1.23 bits per heavy atom. The molecule has 0 bridgehead atoms. The number of phenols is 1. The number of alkyl halides is 1. The number of para-hydroxylation sites is 1. The minimum absolute atomic E-state index is 0.00113. The number of anilines is 1. The molecule has 2 fully saturated rings. The molecule has 12 heteroatoms. The second-order valence-corrected chi connectivity index (χ2v) is 12.5. The Hall–Kier alpha value is -5.54. The van der Waals surface area contributed by atoms with E-state index in [-0.39, 0.29) is 58.5 Å². The van der Waals surface area contributed by atoms with Crippen molar-refractivity contribution < 1.29 is 23.0 Å². The zero-order chi connectivity index (χ0) is 33.2. The monoisotopic (exact) mass is 648 g/mol. The van der Waals surface area contributed by atoms with Crippen molar-refractivity contribution >= 4 is 38.4 Å². The molecular formula is C36H30F2N6O4. The van der Waals surface area contributed by atoms with Crippen LogP contribution in [0.3, 0.4) is 0 Å². The van der Waals surface area contributed by atoms with Gasteiger partial charge in [0.1, 0.15) is 41.3 Å². The zero-order valence-corrected chi connectivity index (χ0v) is 25.9. The first kappa shape index (κ1) is 29.8. The van der Waals surface area contributed by atoms with Gasteiger partial charge < -0.3 is 19.6 Å². The van der Waals surface area contributed by atoms with Gasteiger partial charge in [0, 0.05) is 34.9 Å². The van der Waals surface area contributed by atoms with Crippen LogP contribution in [0.2, 0.25) is 0 Å². The van der Waals surface area contributed by atoms with Crippen LogP contribution in [-0.2, 0) is 6.54 Å². The second kappa shape index (κ2) is 11.3. The summed E-state index contributed by atoms with van der Waals surface area (Å²) >= 11 is 0. The number of H-pyrrole nitrogens is 1. The van der Waals surface area contributed by atoms with Gasteiger partial charge in [0.25, 0.3) is 0 Å². The standard InChI is InChI=1S/C36H30F2N6O4/c1-3-23-26(38)10-9-20-13-22(45)14-25(29(20)23)32-19(2)31-30(34(46)48-32)33(39-16-28-24-7-4-5-8-27(24)42-43-28)41-35(40-31)47-18-36-11-6-12-44(36)17-21(37)15-36/h1,4-5,7-10,13-14,21,45H,6,11-12,15-18H2,2H3,(H,42,43)(H,39,40,41)/t21-,36+/m1/s1. The lowest BCUT2D eigenvalue weighted by molar-refractivity contribution is 0.107. The summed E-state index contributed by atoms with van der Waals surface area (Å²) in [6.45, 7) is 3.29.